The molecule has 0 aliphatic heterocycles. The Kier molecular flexibility index (Phi) is 5.71. The van der Waals surface area contributed by atoms with Crippen LogP contribution in [0.5, 0.6) is 5.75 Å². The third-order valence-corrected chi connectivity index (χ3v) is 4.29. The van der Waals surface area contributed by atoms with E-state index in [1.165, 1.54) is 31.7 Å². The molecule has 1 fully saturated rings. The minimum Gasteiger partial charge on any atom is -0.490 e. The standard InChI is InChI=1S/C17H27FN2O/c1-3-8-21-17-11-16(15(19)10-14(17)18)20-13-7-5-6-12(4-2)9-13/h10-13,20H,3-9,19H2,1-2H3. The van der Waals surface area contributed by atoms with Crippen molar-refractivity contribution in [2.24, 2.45) is 5.92 Å². The summed E-state index contributed by atoms with van der Waals surface area (Å²) < 4.78 is 19.3. The predicted octanol–water partition coefficient (Wildman–Crippen LogP) is 4.58. The normalized spacial score (nSPS) is 22.0. The number of hydrogen-bond donors (Lipinski definition) is 2. The Morgan fingerprint density at radius 1 is 1.33 bits per heavy atom. The summed E-state index contributed by atoms with van der Waals surface area (Å²) in [6.07, 6.45) is 6.96. The summed E-state index contributed by atoms with van der Waals surface area (Å²) >= 11 is 0. The van der Waals surface area contributed by atoms with E-state index in [0.717, 1.165) is 24.4 Å². The molecule has 0 radical (unpaired) electrons. The molecule has 1 aliphatic carbocycles. The van der Waals surface area contributed by atoms with E-state index in [0.29, 0.717) is 18.3 Å². The van der Waals surface area contributed by atoms with Crippen molar-refractivity contribution in [1.82, 2.24) is 0 Å². The van der Waals surface area contributed by atoms with E-state index in [9.17, 15) is 4.39 Å². The molecular formula is C17H27FN2O. The van der Waals surface area contributed by atoms with E-state index in [-0.39, 0.29) is 11.6 Å². The van der Waals surface area contributed by atoms with Gasteiger partial charge in [-0.2, -0.15) is 0 Å². The molecule has 2 unspecified atom stereocenters. The first kappa shape index (κ1) is 15.9. The molecule has 118 valence electrons. The Hall–Kier alpha value is -1.45. The first-order chi connectivity index (χ1) is 10.1. The quantitative estimate of drug-likeness (QED) is 0.755. The van der Waals surface area contributed by atoms with Crippen LogP contribution in [0, 0.1) is 11.7 Å². The highest BCUT2D eigenvalue weighted by molar-refractivity contribution is 5.69. The molecule has 4 heteroatoms. The fourth-order valence-electron chi connectivity index (χ4n) is 3.03. The van der Waals surface area contributed by atoms with Gasteiger partial charge in [0.2, 0.25) is 0 Å². The molecule has 3 N–H and O–H groups in total. The summed E-state index contributed by atoms with van der Waals surface area (Å²) in [6, 6.07) is 3.49. The lowest BCUT2D eigenvalue weighted by molar-refractivity contribution is 0.301. The Bertz CT molecular complexity index is 464. The van der Waals surface area contributed by atoms with E-state index >= 15 is 0 Å². The molecule has 0 bridgehead atoms. The van der Waals surface area contributed by atoms with Gasteiger partial charge in [0.1, 0.15) is 0 Å². The SMILES string of the molecule is CCCOc1cc(NC2CCCC(CC)C2)c(N)cc1F. The van der Waals surface area contributed by atoms with Crippen LogP contribution in [0.1, 0.15) is 52.4 Å². The lowest BCUT2D eigenvalue weighted by atomic mass is 9.84. The number of nitrogens with two attached hydrogens (primary N) is 1. The Morgan fingerprint density at radius 3 is 2.86 bits per heavy atom. The zero-order chi connectivity index (χ0) is 15.2. The highest BCUT2D eigenvalue weighted by atomic mass is 19.1. The van der Waals surface area contributed by atoms with Crippen LogP contribution in [-0.4, -0.2) is 12.6 Å². The van der Waals surface area contributed by atoms with Crippen molar-refractivity contribution in [3.8, 4) is 5.75 Å². The first-order valence-corrected chi connectivity index (χ1v) is 8.12. The van der Waals surface area contributed by atoms with Crippen LogP contribution < -0.4 is 15.8 Å². The Labute approximate surface area is 127 Å². The first-order valence-electron chi connectivity index (χ1n) is 8.12. The fourth-order valence-corrected chi connectivity index (χ4v) is 3.03. The summed E-state index contributed by atoms with van der Waals surface area (Å²) in [4.78, 5) is 0. The number of nitrogen functional groups attached to an aromatic ring is 1. The molecule has 0 heterocycles. The summed E-state index contributed by atoms with van der Waals surface area (Å²) in [6.45, 7) is 4.76. The van der Waals surface area contributed by atoms with Gasteiger partial charge in [0, 0.05) is 18.2 Å². The van der Waals surface area contributed by atoms with Crippen molar-refractivity contribution in [2.45, 2.75) is 58.4 Å². The van der Waals surface area contributed by atoms with Crippen molar-refractivity contribution < 1.29 is 9.13 Å². The van der Waals surface area contributed by atoms with Gasteiger partial charge >= 0.3 is 0 Å². The number of ether oxygens (including phenoxy) is 1. The molecule has 1 aromatic rings. The predicted molar refractivity (Wildman–Crippen MR) is 86.3 cm³/mol. The average molecular weight is 294 g/mol. The second-order valence-corrected chi connectivity index (χ2v) is 6.00. The largest absolute Gasteiger partial charge is 0.490 e. The minimum atomic E-state index is -0.387. The molecule has 3 nitrogen and oxygen atoms in total. The minimum absolute atomic E-state index is 0.288. The maximum Gasteiger partial charge on any atom is 0.167 e. The topological polar surface area (TPSA) is 47.3 Å². The van der Waals surface area contributed by atoms with E-state index in [4.69, 9.17) is 10.5 Å². The zero-order valence-electron chi connectivity index (χ0n) is 13.1. The van der Waals surface area contributed by atoms with Crippen molar-refractivity contribution in [1.29, 1.82) is 0 Å². The number of nitrogens with one attached hydrogen (secondary N) is 1. The molecular weight excluding hydrogens is 267 g/mol. The summed E-state index contributed by atoms with van der Waals surface area (Å²) in [7, 11) is 0. The van der Waals surface area contributed by atoms with Crippen LogP contribution in [0.4, 0.5) is 15.8 Å². The molecule has 0 saturated heterocycles. The van der Waals surface area contributed by atoms with Crippen LogP contribution >= 0.6 is 0 Å². The van der Waals surface area contributed by atoms with Gasteiger partial charge in [-0.15, -0.1) is 0 Å². The smallest absolute Gasteiger partial charge is 0.167 e. The van der Waals surface area contributed by atoms with Crippen molar-refractivity contribution >= 4 is 11.4 Å². The van der Waals surface area contributed by atoms with Crippen LogP contribution in [-0.2, 0) is 0 Å². The molecule has 0 spiro atoms. The zero-order valence-corrected chi connectivity index (χ0v) is 13.1. The summed E-state index contributed by atoms with van der Waals surface area (Å²) in [5.74, 6) is 0.687. The van der Waals surface area contributed by atoms with Crippen LogP contribution in [0.2, 0.25) is 0 Å². The number of halogens is 1. The van der Waals surface area contributed by atoms with Crippen LogP contribution in [0.15, 0.2) is 12.1 Å². The van der Waals surface area contributed by atoms with Crippen molar-refractivity contribution in [3.63, 3.8) is 0 Å². The molecule has 0 aromatic heterocycles. The highest BCUT2D eigenvalue weighted by Gasteiger charge is 2.21. The van der Waals surface area contributed by atoms with Crippen molar-refractivity contribution in [2.75, 3.05) is 17.7 Å². The Morgan fingerprint density at radius 2 is 2.14 bits per heavy atom. The van der Waals surface area contributed by atoms with E-state index < -0.39 is 0 Å². The lowest BCUT2D eigenvalue weighted by Crippen LogP contribution is -2.27. The highest BCUT2D eigenvalue weighted by Crippen LogP contribution is 2.33. The molecule has 2 atom stereocenters. The Balaban J connectivity index is 2.07. The third-order valence-electron chi connectivity index (χ3n) is 4.29. The average Bonchev–Trinajstić information content (AvgIpc) is 2.49. The van der Waals surface area contributed by atoms with Gasteiger partial charge in [0.25, 0.3) is 0 Å². The summed E-state index contributed by atoms with van der Waals surface area (Å²) in [5.41, 5.74) is 7.19. The van der Waals surface area contributed by atoms with E-state index in [2.05, 4.69) is 12.2 Å². The monoisotopic (exact) mass is 294 g/mol. The lowest BCUT2D eigenvalue weighted by Gasteiger charge is -2.30. The second kappa shape index (κ2) is 7.53. The van der Waals surface area contributed by atoms with Gasteiger partial charge in [0.15, 0.2) is 11.6 Å². The van der Waals surface area contributed by atoms with Crippen LogP contribution in [0.25, 0.3) is 0 Å². The second-order valence-electron chi connectivity index (χ2n) is 6.00. The van der Waals surface area contributed by atoms with Gasteiger partial charge < -0.3 is 15.8 Å². The third kappa shape index (κ3) is 4.26. The van der Waals surface area contributed by atoms with Gasteiger partial charge in [-0.05, 0) is 25.2 Å². The van der Waals surface area contributed by atoms with Gasteiger partial charge in [-0.25, -0.2) is 4.39 Å². The van der Waals surface area contributed by atoms with E-state index in [1.807, 2.05) is 6.92 Å². The maximum absolute atomic E-state index is 13.8. The summed E-state index contributed by atoms with van der Waals surface area (Å²) in [5, 5.41) is 3.49. The molecule has 21 heavy (non-hydrogen) atoms. The number of anilines is 2. The molecule has 0 amide bonds. The van der Waals surface area contributed by atoms with Gasteiger partial charge in [0.05, 0.1) is 18.0 Å². The molecule has 2 rings (SSSR count). The van der Waals surface area contributed by atoms with Gasteiger partial charge in [-0.1, -0.05) is 33.1 Å². The fraction of sp³-hybridized carbons (Fsp3) is 0.647. The molecule has 1 saturated carbocycles. The number of benzene rings is 1. The van der Waals surface area contributed by atoms with E-state index in [1.54, 1.807) is 6.07 Å². The van der Waals surface area contributed by atoms with Crippen LogP contribution in [0.3, 0.4) is 0 Å². The number of rotatable bonds is 6. The number of hydrogen-bond acceptors (Lipinski definition) is 3. The molecule has 1 aliphatic rings. The van der Waals surface area contributed by atoms with Crippen molar-refractivity contribution in [3.05, 3.63) is 17.9 Å². The molecule has 1 aromatic carbocycles. The van der Waals surface area contributed by atoms with Gasteiger partial charge in [-0.3, -0.25) is 0 Å². The maximum atomic E-state index is 13.8.